The van der Waals surface area contributed by atoms with E-state index in [-0.39, 0.29) is 5.12 Å². The number of thiol groups is 1. The molecule has 1 aromatic rings. The van der Waals surface area contributed by atoms with Crippen molar-refractivity contribution in [3.05, 3.63) is 35.4 Å². The molecule has 1 rings (SSSR count). The number of carbonyl (C=O) groups excluding carboxylic acids is 1. The fourth-order valence-electron chi connectivity index (χ4n) is 1.41. The van der Waals surface area contributed by atoms with Gasteiger partial charge in [-0.05, 0) is 36.0 Å². The minimum atomic E-state index is 0.0875. The van der Waals surface area contributed by atoms with Crippen molar-refractivity contribution in [1.29, 1.82) is 0 Å². The van der Waals surface area contributed by atoms with Crippen molar-refractivity contribution in [2.24, 2.45) is 0 Å². The van der Waals surface area contributed by atoms with E-state index in [4.69, 9.17) is 0 Å². The van der Waals surface area contributed by atoms with E-state index in [0.29, 0.717) is 6.42 Å². The molecule has 0 radical (unpaired) electrons. The molecule has 0 bridgehead atoms. The third-order valence-corrected chi connectivity index (χ3v) is 3.00. The summed E-state index contributed by atoms with van der Waals surface area (Å²) in [6.45, 7) is 0.862. The topological polar surface area (TPSA) is 20.3 Å². The van der Waals surface area contributed by atoms with Crippen molar-refractivity contribution in [2.45, 2.75) is 13.0 Å². The van der Waals surface area contributed by atoms with Gasteiger partial charge in [-0.25, -0.2) is 0 Å². The summed E-state index contributed by atoms with van der Waals surface area (Å²) in [5.74, 6) is 0. The summed E-state index contributed by atoms with van der Waals surface area (Å²) in [6.07, 6.45) is 0.457. The summed E-state index contributed by atoms with van der Waals surface area (Å²) in [5, 5.41) is 0.0875. The van der Waals surface area contributed by atoms with E-state index in [1.54, 1.807) is 0 Å². The molecule has 0 unspecified atom stereocenters. The highest BCUT2D eigenvalue weighted by Crippen LogP contribution is 2.16. The van der Waals surface area contributed by atoms with Gasteiger partial charge in [0, 0.05) is 13.0 Å². The fraction of sp³-hybridized carbons (Fsp3) is 0.364. The van der Waals surface area contributed by atoms with E-state index in [2.05, 4.69) is 22.6 Å². The first-order valence-corrected chi connectivity index (χ1v) is 6.56. The van der Waals surface area contributed by atoms with Gasteiger partial charge in [-0.2, -0.15) is 0 Å². The Morgan fingerprint density at radius 2 is 1.93 bits per heavy atom. The molecule has 0 spiro atoms. The summed E-state index contributed by atoms with van der Waals surface area (Å²) in [4.78, 5) is 13.4. The molecule has 0 aromatic heterocycles. The van der Waals surface area contributed by atoms with Crippen LogP contribution in [0.3, 0.4) is 0 Å². The van der Waals surface area contributed by atoms with Crippen LogP contribution in [0.4, 0.5) is 0 Å². The Bertz CT molecular complexity index is 339. The molecule has 0 aliphatic carbocycles. The number of hydrogen-bond acceptors (Lipinski definition) is 4. The van der Waals surface area contributed by atoms with Gasteiger partial charge in [0.05, 0.1) is 0 Å². The summed E-state index contributed by atoms with van der Waals surface area (Å²) < 4.78 is 0. The standard InChI is InChI=1S/C11H15NOS2/c1-12(2)8-10-6-4-3-5-9(10)7-11(13)15-14/h3-6,14H,7-8H2,1-2H3. The lowest BCUT2D eigenvalue weighted by atomic mass is 10.1. The van der Waals surface area contributed by atoms with Crippen molar-refractivity contribution >= 4 is 27.6 Å². The molecule has 0 N–H and O–H groups in total. The van der Waals surface area contributed by atoms with Gasteiger partial charge in [0.1, 0.15) is 0 Å². The second-order valence-corrected chi connectivity index (χ2v) is 4.83. The zero-order chi connectivity index (χ0) is 11.3. The van der Waals surface area contributed by atoms with Gasteiger partial charge in [0.25, 0.3) is 0 Å². The minimum Gasteiger partial charge on any atom is -0.305 e. The Hall–Kier alpha value is -0.450. The maximum absolute atomic E-state index is 11.3. The van der Waals surface area contributed by atoms with E-state index in [0.717, 1.165) is 22.9 Å². The third kappa shape index (κ3) is 4.28. The molecule has 82 valence electrons. The van der Waals surface area contributed by atoms with Gasteiger partial charge in [-0.3, -0.25) is 4.79 Å². The van der Waals surface area contributed by atoms with Crippen LogP contribution in [0.1, 0.15) is 11.1 Å². The van der Waals surface area contributed by atoms with Gasteiger partial charge < -0.3 is 4.90 Å². The molecule has 0 heterocycles. The molecule has 0 aliphatic rings. The molecule has 0 amide bonds. The lowest BCUT2D eigenvalue weighted by Gasteiger charge is -2.13. The van der Waals surface area contributed by atoms with Gasteiger partial charge in [-0.15, -0.1) is 11.7 Å². The Balaban J connectivity index is 2.81. The number of rotatable bonds is 4. The van der Waals surface area contributed by atoms with E-state index in [1.807, 2.05) is 32.3 Å². The van der Waals surface area contributed by atoms with E-state index < -0.39 is 0 Å². The van der Waals surface area contributed by atoms with Crippen LogP contribution in [-0.2, 0) is 17.8 Å². The van der Waals surface area contributed by atoms with Crippen molar-refractivity contribution < 1.29 is 4.79 Å². The Kier molecular flexibility index (Phi) is 5.22. The molecular weight excluding hydrogens is 226 g/mol. The normalized spacial score (nSPS) is 10.7. The number of carbonyl (C=O) groups is 1. The molecule has 0 fully saturated rings. The monoisotopic (exact) mass is 241 g/mol. The lowest BCUT2D eigenvalue weighted by Crippen LogP contribution is -2.13. The third-order valence-electron chi connectivity index (χ3n) is 2.04. The number of hydrogen-bond donors (Lipinski definition) is 1. The van der Waals surface area contributed by atoms with Crippen LogP contribution in [0.5, 0.6) is 0 Å². The van der Waals surface area contributed by atoms with Crippen LogP contribution in [0.15, 0.2) is 24.3 Å². The van der Waals surface area contributed by atoms with Crippen LogP contribution in [0.25, 0.3) is 0 Å². The Morgan fingerprint density at radius 3 is 2.47 bits per heavy atom. The van der Waals surface area contributed by atoms with Gasteiger partial charge in [0.2, 0.25) is 5.12 Å². The van der Waals surface area contributed by atoms with Crippen molar-refractivity contribution in [1.82, 2.24) is 4.90 Å². The van der Waals surface area contributed by atoms with Gasteiger partial charge >= 0.3 is 0 Å². The molecule has 2 nitrogen and oxygen atoms in total. The molecule has 0 saturated heterocycles. The molecule has 4 heteroatoms. The molecular formula is C11H15NOS2. The first kappa shape index (κ1) is 12.6. The summed E-state index contributed by atoms with van der Waals surface area (Å²) in [7, 11) is 5.03. The maximum Gasteiger partial charge on any atom is 0.203 e. The predicted octanol–water partition coefficient (Wildman–Crippen LogP) is 2.40. The van der Waals surface area contributed by atoms with Crippen LogP contribution in [0, 0.1) is 0 Å². The smallest absolute Gasteiger partial charge is 0.203 e. The first-order valence-electron chi connectivity index (χ1n) is 4.69. The van der Waals surface area contributed by atoms with E-state index in [9.17, 15) is 4.79 Å². The molecule has 0 aliphatic heterocycles. The highest BCUT2D eigenvalue weighted by molar-refractivity contribution is 8.74. The summed E-state index contributed by atoms with van der Waals surface area (Å²) in [6, 6.07) is 8.03. The van der Waals surface area contributed by atoms with Crippen LogP contribution >= 0.6 is 22.5 Å². The quantitative estimate of drug-likeness (QED) is 0.646. The minimum absolute atomic E-state index is 0.0875. The molecule has 0 saturated carbocycles. The second kappa shape index (κ2) is 6.20. The van der Waals surface area contributed by atoms with Gasteiger partial charge in [-0.1, -0.05) is 24.3 Å². The zero-order valence-electron chi connectivity index (χ0n) is 8.93. The van der Waals surface area contributed by atoms with Crippen molar-refractivity contribution in [3.63, 3.8) is 0 Å². The second-order valence-electron chi connectivity index (χ2n) is 3.65. The average molecular weight is 241 g/mol. The zero-order valence-corrected chi connectivity index (χ0v) is 10.6. The molecule has 15 heavy (non-hydrogen) atoms. The maximum atomic E-state index is 11.3. The van der Waals surface area contributed by atoms with E-state index >= 15 is 0 Å². The van der Waals surface area contributed by atoms with Gasteiger partial charge in [0.15, 0.2) is 0 Å². The summed E-state index contributed by atoms with van der Waals surface area (Å²) >= 11 is 3.91. The van der Waals surface area contributed by atoms with Crippen molar-refractivity contribution in [2.75, 3.05) is 14.1 Å². The SMILES string of the molecule is CN(C)Cc1ccccc1CC(=O)SS. The predicted molar refractivity (Wildman–Crippen MR) is 69.1 cm³/mol. The highest BCUT2D eigenvalue weighted by atomic mass is 33.1. The average Bonchev–Trinajstić information content (AvgIpc) is 2.20. The van der Waals surface area contributed by atoms with Crippen molar-refractivity contribution in [3.8, 4) is 0 Å². The largest absolute Gasteiger partial charge is 0.305 e. The Morgan fingerprint density at radius 1 is 1.33 bits per heavy atom. The van der Waals surface area contributed by atoms with Crippen LogP contribution in [0.2, 0.25) is 0 Å². The van der Waals surface area contributed by atoms with Crippen LogP contribution < -0.4 is 0 Å². The van der Waals surface area contributed by atoms with Crippen LogP contribution in [-0.4, -0.2) is 24.1 Å². The van der Waals surface area contributed by atoms with E-state index in [1.165, 1.54) is 5.56 Å². The Labute approximate surface area is 99.9 Å². The number of benzene rings is 1. The molecule has 1 aromatic carbocycles. The fourth-order valence-corrected chi connectivity index (χ4v) is 1.83. The first-order chi connectivity index (χ1) is 7.13. The number of nitrogens with zero attached hydrogens (tertiary/aromatic N) is 1. The highest BCUT2D eigenvalue weighted by Gasteiger charge is 2.07. The summed E-state index contributed by atoms with van der Waals surface area (Å²) in [5.41, 5.74) is 2.30. The lowest BCUT2D eigenvalue weighted by molar-refractivity contribution is -0.110. The molecule has 0 atom stereocenters.